The number of ether oxygens (including phenoxy) is 1. The van der Waals surface area contributed by atoms with Gasteiger partial charge in [0, 0.05) is 13.1 Å². The minimum absolute atomic E-state index is 0.249. The van der Waals surface area contributed by atoms with Crippen molar-refractivity contribution in [2.75, 3.05) is 26.2 Å². The molecule has 1 aromatic carbocycles. The number of imide groups is 1. The standard InChI is InChI=1S/C20H25N3O5/c1-20(15-9-5-4-6-10-15)18(26)23(19(27)21-20)13-17(25)28-14-16(24)22-11-7-2-3-8-12-22/h4-6,9-10H,2-3,7-8,11-14H2,1H3,(H,21,27)/t20-/m0/s1. The Hall–Kier alpha value is -2.90. The van der Waals surface area contributed by atoms with Crippen molar-refractivity contribution in [3.05, 3.63) is 35.9 Å². The molecule has 8 heteroatoms. The van der Waals surface area contributed by atoms with E-state index < -0.39 is 30.0 Å². The van der Waals surface area contributed by atoms with Crippen molar-refractivity contribution in [2.45, 2.75) is 38.1 Å². The number of benzene rings is 1. The molecule has 28 heavy (non-hydrogen) atoms. The Morgan fingerprint density at radius 2 is 1.71 bits per heavy atom. The van der Waals surface area contributed by atoms with Gasteiger partial charge in [0.15, 0.2) is 6.61 Å². The van der Waals surface area contributed by atoms with Crippen LogP contribution in [0.15, 0.2) is 30.3 Å². The van der Waals surface area contributed by atoms with Gasteiger partial charge in [0.25, 0.3) is 11.8 Å². The molecule has 8 nitrogen and oxygen atoms in total. The number of hydrogen-bond acceptors (Lipinski definition) is 5. The lowest BCUT2D eigenvalue weighted by molar-refractivity contribution is -0.153. The van der Waals surface area contributed by atoms with Gasteiger partial charge in [0.2, 0.25) is 0 Å². The van der Waals surface area contributed by atoms with Crippen LogP contribution in [0.5, 0.6) is 0 Å². The molecule has 0 spiro atoms. The van der Waals surface area contributed by atoms with Crippen LogP contribution in [0.2, 0.25) is 0 Å². The SMILES string of the molecule is C[C@@]1(c2ccccc2)NC(=O)N(CC(=O)OCC(=O)N2CCCCCC2)C1=O. The van der Waals surface area contributed by atoms with Gasteiger partial charge in [-0.25, -0.2) is 4.79 Å². The maximum absolute atomic E-state index is 12.8. The van der Waals surface area contributed by atoms with Crippen molar-refractivity contribution >= 4 is 23.8 Å². The van der Waals surface area contributed by atoms with E-state index >= 15 is 0 Å². The fraction of sp³-hybridized carbons (Fsp3) is 0.500. The first-order valence-electron chi connectivity index (χ1n) is 9.55. The number of amides is 4. The minimum Gasteiger partial charge on any atom is -0.454 e. The van der Waals surface area contributed by atoms with E-state index in [1.54, 1.807) is 36.1 Å². The summed E-state index contributed by atoms with van der Waals surface area (Å²) in [6.07, 6.45) is 4.08. The summed E-state index contributed by atoms with van der Waals surface area (Å²) in [6.45, 7) is 2.02. The number of carbonyl (C=O) groups is 4. The Kier molecular flexibility index (Phi) is 5.96. The first-order valence-corrected chi connectivity index (χ1v) is 9.55. The van der Waals surface area contributed by atoms with E-state index in [0.29, 0.717) is 18.7 Å². The number of nitrogens with zero attached hydrogens (tertiary/aromatic N) is 2. The number of rotatable bonds is 5. The summed E-state index contributed by atoms with van der Waals surface area (Å²) in [5, 5.41) is 2.63. The lowest BCUT2D eigenvalue weighted by Gasteiger charge is -2.22. The van der Waals surface area contributed by atoms with Crippen molar-refractivity contribution in [2.24, 2.45) is 0 Å². The lowest BCUT2D eigenvalue weighted by Crippen LogP contribution is -2.42. The van der Waals surface area contributed by atoms with Gasteiger partial charge < -0.3 is 15.0 Å². The average Bonchev–Trinajstić information content (AvgIpc) is 2.91. The molecule has 1 atom stereocenters. The average molecular weight is 387 g/mol. The van der Waals surface area contributed by atoms with E-state index in [1.807, 2.05) is 6.07 Å². The maximum Gasteiger partial charge on any atom is 0.326 e. The molecule has 150 valence electrons. The van der Waals surface area contributed by atoms with Crippen LogP contribution in [0.25, 0.3) is 0 Å². The quantitative estimate of drug-likeness (QED) is 0.609. The molecule has 4 amide bonds. The molecule has 0 unspecified atom stereocenters. The van der Waals surface area contributed by atoms with Gasteiger partial charge in [0.1, 0.15) is 12.1 Å². The van der Waals surface area contributed by atoms with E-state index in [0.717, 1.165) is 30.6 Å². The van der Waals surface area contributed by atoms with Crippen LogP contribution in [-0.2, 0) is 24.7 Å². The van der Waals surface area contributed by atoms with Crippen LogP contribution in [0.3, 0.4) is 0 Å². The van der Waals surface area contributed by atoms with Crippen LogP contribution >= 0.6 is 0 Å². The maximum atomic E-state index is 12.8. The zero-order valence-electron chi connectivity index (χ0n) is 16.0. The van der Waals surface area contributed by atoms with E-state index in [9.17, 15) is 19.2 Å². The van der Waals surface area contributed by atoms with E-state index in [-0.39, 0.29) is 12.5 Å². The summed E-state index contributed by atoms with van der Waals surface area (Å²) >= 11 is 0. The molecule has 2 saturated heterocycles. The highest BCUT2D eigenvalue weighted by atomic mass is 16.5. The molecule has 2 aliphatic rings. The second-order valence-electron chi connectivity index (χ2n) is 7.27. The molecule has 2 heterocycles. The van der Waals surface area contributed by atoms with Gasteiger partial charge in [-0.1, -0.05) is 43.2 Å². The monoisotopic (exact) mass is 387 g/mol. The fourth-order valence-corrected chi connectivity index (χ4v) is 3.54. The third-order valence-electron chi connectivity index (χ3n) is 5.23. The third-order valence-corrected chi connectivity index (χ3v) is 5.23. The van der Waals surface area contributed by atoms with Crippen molar-refractivity contribution in [3.8, 4) is 0 Å². The highest BCUT2D eigenvalue weighted by molar-refractivity contribution is 6.08. The van der Waals surface area contributed by atoms with Crippen LogP contribution < -0.4 is 5.32 Å². The predicted octanol–water partition coefficient (Wildman–Crippen LogP) is 1.40. The molecular formula is C20H25N3O5. The summed E-state index contributed by atoms with van der Waals surface area (Å²) in [5.74, 6) is -1.56. The zero-order chi connectivity index (χ0) is 20.1. The summed E-state index contributed by atoms with van der Waals surface area (Å²) < 4.78 is 5.03. The fourth-order valence-electron chi connectivity index (χ4n) is 3.54. The molecule has 0 radical (unpaired) electrons. The normalized spacial score (nSPS) is 22.6. The molecule has 0 aliphatic carbocycles. The molecule has 2 aliphatic heterocycles. The van der Waals surface area contributed by atoms with Gasteiger partial charge >= 0.3 is 12.0 Å². The Bertz CT molecular complexity index is 758. The Labute approximate surface area is 163 Å². The van der Waals surface area contributed by atoms with Crippen LogP contribution in [0, 0.1) is 0 Å². The van der Waals surface area contributed by atoms with Crippen molar-refractivity contribution in [1.29, 1.82) is 0 Å². The second kappa shape index (κ2) is 8.41. The lowest BCUT2D eigenvalue weighted by atomic mass is 9.92. The Morgan fingerprint density at radius 1 is 1.07 bits per heavy atom. The molecule has 1 aromatic rings. The molecule has 0 bridgehead atoms. The number of hydrogen-bond donors (Lipinski definition) is 1. The molecule has 2 fully saturated rings. The van der Waals surface area contributed by atoms with E-state index in [2.05, 4.69) is 5.32 Å². The molecule has 1 N–H and O–H groups in total. The smallest absolute Gasteiger partial charge is 0.326 e. The topological polar surface area (TPSA) is 96.0 Å². The van der Waals surface area contributed by atoms with E-state index in [4.69, 9.17) is 4.74 Å². The molecule has 3 rings (SSSR count). The van der Waals surface area contributed by atoms with Gasteiger partial charge in [0.05, 0.1) is 0 Å². The number of carbonyl (C=O) groups excluding carboxylic acids is 4. The zero-order valence-corrected chi connectivity index (χ0v) is 16.0. The van der Waals surface area contributed by atoms with Crippen LogP contribution in [-0.4, -0.2) is 59.9 Å². The largest absolute Gasteiger partial charge is 0.454 e. The van der Waals surface area contributed by atoms with E-state index in [1.165, 1.54) is 0 Å². The van der Waals surface area contributed by atoms with Crippen molar-refractivity contribution in [1.82, 2.24) is 15.1 Å². The molecule has 0 aromatic heterocycles. The second-order valence-corrected chi connectivity index (χ2v) is 7.27. The Morgan fingerprint density at radius 3 is 2.36 bits per heavy atom. The number of nitrogens with one attached hydrogen (secondary N) is 1. The first kappa shape index (κ1) is 19.9. The number of esters is 1. The number of urea groups is 1. The Balaban J connectivity index is 1.56. The van der Waals surface area contributed by atoms with Crippen LogP contribution in [0.1, 0.15) is 38.2 Å². The summed E-state index contributed by atoms with van der Waals surface area (Å²) in [7, 11) is 0. The van der Waals surface area contributed by atoms with Crippen molar-refractivity contribution in [3.63, 3.8) is 0 Å². The third kappa shape index (κ3) is 4.16. The van der Waals surface area contributed by atoms with Gasteiger partial charge in [-0.05, 0) is 25.3 Å². The number of likely N-dealkylation sites (tertiary alicyclic amines) is 1. The summed E-state index contributed by atoms with van der Waals surface area (Å²) in [6, 6.07) is 8.16. The molecule has 0 saturated carbocycles. The summed E-state index contributed by atoms with van der Waals surface area (Å²) in [4.78, 5) is 51.8. The van der Waals surface area contributed by atoms with Crippen molar-refractivity contribution < 1.29 is 23.9 Å². The van der Waals surface area contributed by atoms with Gasteiger partial charge in [-0.3, -0.25) is 19.3 Å². The van der Waals surface area contributed by atoms with Crippen LogP contribution in [0.4, 0.5) is 4.79 Å². The molecular weight excluding hydrogens is 362 g/mol. The summed E-state index contributed by atoms with van der Waals surface area (Å²) in [5.41, 5.74) is -0.610. The highest BCUT2D eigenvalue weighted by Crippen LogP contribution is 2.28. The van der Waals surface area contributed by atoms with Gasteiger partial charge in [-0.2, -0.15) is 0 Å². The highest BCUT2D eigenvalue weighted by Gasteiger charge is 2.49. The predicted molar refractivity (Wildman–Crippen MR) is 100 cm³/mol. The van der Waals surface area contributed by atoms with Gasteiger partial charge in [-0.15, -0.1) is 0 Å². The minimum atomic E-state index is -1.24. The first-order chi connectivity index (χ1) is 13.4.